The molecule has 0 radical (unpaired) electrons. The molecule has 3 aromatic heterocycles. The summed E-state index contributed by atoms with van der Waals surface area (Å²) in [5.74, 6) is 0.498. The first-order valence-electron chi connectivity index (χ1n) is 7.00. The first-order valence-corrected chi connectivity index (χ1v) is 7.38. The van der Waals surface area contributed by atoms with Gasteiger partial charge in [0.25, 0.3) is 6.47 Å². The van der Waals surface area contributed by atoms with Crippen LogP contribution in [0.1, 0.15) is 5.56 Å². The van der Waals surface area contributed by atoms with E-state index in [-0.39, 0.29) is 34.8 Å². The molecule has 0 aliphatic carbocycles. The number of rotatable bonds is 5. The number of carbonyl (C=O) groups is 1. The second-order valence-electron chi connectivity index (χ2n) is 4.86. The number of nitrogens with zero attached hydrogens (tertiary/aromatic N) is 4. The topological polar surface area (TPSA) is 81.9 Å². The molecular formula is C15H9ClF3N5O2. The minimum absolute atomic E-state index is 0.00927. The van der Waals surface area contributed by atoms with Crippen molar-refractivity contribution in [1.29, 1.82) is 0 Å². The van der Waals surface area contributed by atoms with Crippen LogP contribution in [0.25, 0.3) is 5.82 Å². The zero-order valence-electron chi connectivity index (χ0n) is 12.7. The first kappa shape index (κ1) is 17.7. The molecule has 26 heavy (non-hydrogen) atoms. The van der Waals surface area contributed by atoms with E-state index in [1.807, 2.05) is 0 Å². The Balaban J connectivity index is 1.91. The molecule has 0 unspecified atom stereocenters. The number of carbonyl (C=O) groups excluding carboxylic acids is 1. The van der Waals surface area contributed by atoms with E-state index in [9.17, 15) is 18.0 Å². The second kappa shape index (κ2) is 7.00. The van der Waals surface area contributed by atoms with Gasteiger partial charge in [0.1, 0.15) is 5.82 Å². The lowest BCUT2D eigenvalue weighted by Gasteiger charge is -2.07. The maximum Gasteiger partial charge on any atom is 0.417 e. The number of halogens is 4. The van der Waals surface area contributed by atoms with Gasteiger partial charge in [-0.3, -0.25) is 4.79 Å². The van der Waals surface area contributed by atoms with Crippen LogP contribution < -0.4 is 10.1 Å². The highest BCUT2D eigenvalue weighted by atomic mass is 35.5. The predicted octanol–water partition coefficient (Wildman–Crippen LogP) is 3.61. The number of nitrogens with one attached hydrogen (secondary N) is 1. The third-order valence-corrected chi connectivity index (χ3v) is 3.43. The van der Waals surface area contributed by atoms with Crippen LogP contribution in [0.15, 0.2) is 42.7 Å². The summed E-state index contributed by atoms with van der Waals surface area (Å²) >= 11 is 6.05. The van der Waals surface area contributed by atoms with Crippen LogP contribution in [0.4, 0.5) is 24.8 Å². The Morgan fingerprint density at radius 2 is 2.00 bits per heavy atom. The molecule has 134 valence electrons. The summed E-state index contributed by atoms with van der Waals surface area (Å²) in [7, 11) is 0. The monoisotopic (exact) mass is 383 g/mol. The van der Waals surface area contributed by atoms with Crippen LogP contribution in [0.2, 0.25) is 5.02 Å². The molecule has 0 aliphatic heterocycles. The molecule has 0 amide bonds. The van der Waals surface area contributed by atoms with Gasteiger partial charge in [-0.25, -0.2) is 9.97 Å². The fourth-order valence-electron chi connectivity index (χ4n) is 2.01. The number of aromatic nitrogens is 4. The summed E-state index contributed by atoms with van der Waals surface area (Å²) in [6.07, 6.45) is -2.32. The minimum atomic E-state index is -4.48. The van der Waals surface area contributed by atoms with E-state index in [2.05, 4.69) is 20.4 Å². The first-order chi connectivity index (χ1) is 12.4. The molecule has 0 spiro atoms. The Kier molecular flexibility index (Phi) is 4.76. The predicted molar refractivity (Wildman–Crippen MR) is 85.6 cm³/mol. The molecule has 0 fully saturated rings. The van der Waals surface area contributed by atoms with E-state index >= 15 is 0 Å². The summed E-state index contributed by atoms with van der Waals surface area (Å²) in [6.45, 7) is 0.199. The van der Waals surface area contributed by atoms with Gasteiger partial charge >= 0.3 is 6.18 Å². The molecule has 3 rings (SSSR count). The van der Waals surface area contributed by atoms with Gasteiger partial charge < -0.3 is 10.1 Å². The number of alkyl halides is 3. The lowest BCUT2D eigenvalue weighted by Crippen LogP contribution is -2.06. The highest BCUT2D eigenvalue weighted by molar-refractivity contribution is 6.32. The molecule has 0 saturated carbocycles. The standard InChI is InChI=1S/C15H9ClF3N5O2/c16-10-2-1-5-20-14(10)24-13(26-8-25)6-12(23-24)22-11-4-3-9(7-21-11)15(17,18)19/h1-8H,(H,21,22,23). The summed E-state index contributed by atoms with van der Waals surface area (Å²) in [5, 5.41) is 7.11. The van der Waals surface area contributed by atoms with Crippen LogP contribution in [-0.4, -0.2) is 26.2 Å². The fraction of sp³-hybridized carbons (Fsp3) is 0.0667. The zero-order chi connectivity index (χ0) is 18.7. The summed E-state index contributed by atoms with van der Waals surface area (Å²) < 4.78 is 43.7. The van der Waals surface area contributed by atoms with Gasteiger partial charge in [-0.05, 0) is 24.3 Å². The summed E-state index contributed by atoms with van der Waals surface area (Å²) in [5.41, 5.74) is -0.876. The van der Waals surface area contributed by atoms with Gasteiger partial charge in [-0.2, -0.15) is 17.9 Å². The average Bonchev–Trinajstić information content (AvgIpc) is 2.97. The molecule has 0 saturated heterocycles. The average molecular weight is 384 g/mol. The van der Waals surface area contributed by atoms with Crippen LogP contribution in [-0.2, 0) is 11.0 Å². The van der Waals surface area contributed by atoms with E-state index in [1.165, 1.54) is 16.9 Å². The van der Waals surface area contributed by atoms with Gasteiger partial charge in [-0.15, -0.1) is 5.10 Å². The van der Waals surface area contributed by atoms with Crippen molar-refractivity contribution < 1.29 is 22.7 Å². The quantitative estimate of drug-likeness (QED) is 0.678. The SMILES string of the molecule is O=COc1cc(Nc2ccc(C(F)(F)F)cn2)nn1-c1ncccc1Cl. The lowest BCUT2D eigenvalue weighted by atomic mass is 10.3. The van der Waals surface area contributed by atoms with Gasteiger partial charge in [-0.1, -0.05) is 11.6 Å². The van der Waals surface area contributed by atoms with E-state index < -0.39 is 11.7 Å². The molecule has 0 bridgehead atoms. The Bertz CT molecular complexity index is 928. The number of anilines is 2. The van der Waals surface area contributed by atoms with E-state index in [4.69, 9.17) is 16.3 Å². The summed E-state index contributed by atoms with van der Waals surface area (Å²) in [4.78, 5) is 18.4. The maximum absolute atomic E-state index is 12.6. The van der Waals surface area contributed by atoms with Crippen molar-refractivity contribution in [2.45, 2.75) is 6.18 Å². The molecule has 0 aromatic carbocycles. The number of ether oxygens (including phenoxy) is 1. The third kappa shape index (κ3) is 3.75. The molecule has 7 nitrogen and oxygen atoms in total. The number of hydrogen-bond donors (Lipinski definition) is 1. The molecular weight excluding hydrogens is 375 g/mol. The Labute approximate surface area is 149 Å². The molecule has 11 heteroatoms. The van der Waals surface area contributed by atoms with Gasteiger partial charge in [0, 0.05) is 18.5 Å². The third-order valence-electron chi connectivity index (χ3n) is 3.13. The van der Waals surface area contributed by atoms with Gasteiger partial charge in [0.15, 0.2) is 11.6 Å². The van der Waals surface area contributed by atoms with Crippen LogP contribution in [0, 0.1) is 0 Å². The van der Waals surface area contributed by atoms with E-state index in [1.54, 1.807) is 12.1 Å². The summed E-state index contributed by atoms with van der Waals surface area (Å²) in [6, 6.07) is 6.56. The smallest absolute Gasteiger partial charge is 0.409 e. The van der Waals surface area contributed by atoms with Crippen LogP contribution in [0.3, 0.4) is 0 Å². The van der Waals surface area contributed by atoms with Crippen molar-refractivity contribution in [3.63, 3.8) is 0 Å². The van der Waals surface area contributed by atoms with Crippen molar-refractivity contribution in [3.8, 4) is 11.7 Å². The van der Waals surface area contributed by atoms with Gasteiger partial charge in [0.2, 0.25) is 5.88 Å². The molecule has 0 aliphatic rings. The lowest BCUT2D eigenvalue weighted by molar-refractivity contribution is -0.137. The highest BCUT2D eigenvalue weighted by Gasteiger charge is 2.30. The van der Waals surface area contributed by atoms with Crippen LogP contribution >= 0.6 is 11.6 Å². The highest BCUT2D eigenvalue weighted by Crippen LogP contribution is 2.30. The van der Waals surface area contributed by atoms with E-state index in [0.717, 1.165) is 12.1 Å². The Morgan fingerprint density at radius 1 is 1.19 bits per heavy atom. The van der Waals surface area contributed by atoms with Crippen molar-refractivity contribution >= 4 is 29.7 Å². The van der Waals surface area contributed by atoms with Crippen molar-refractivity contribution in [2.75, 3.05) is 5.32 Å². The molecule has 1 N–H and O–H groups in total. The fourth-order valence-corrected chi connectivity index (χ4v) is 2.21. The number of pyridine rings is 2. The normalized spacial score (nSPS) is 11.2. The molecule has 3 aromatic rings. The largest absolute Gasteiger partial charge is 0.417 e. The second-order valence-corrected chi connectivity index (χ2v) is 5.26. The van der Waals surface area contributed by atoms with Crippen molar-refractivity contribution in [2.24, 2.45) is 0 Å². The minimum Gasteiger partial charge on any atom is -0.409 e. The van der Waals surface area contributed by atoms with Crippen molar-refractivity contribution in [3.05, 3.63) is 53.3 Å². The molecule has 0 atom stereocenters. The zero-order valence-corrected chi connectivity index (χ0v) is 13.5. The number of hydrogen-bond acceptors (Lipinski definition) is 6. The maximum atomic E-state index is 12.6. The Morgan fingerprint density at radius 3 is 2.62 bits per heavy atom. The van der Waals surface area contributed by atoms with Crippen molar-refractivity contribution in [1.82, 2.24) is 19.7 Å². The molecule has 3 heterocycles. The van der Waals surface area contributed by atoms with Gasteiger partial charge in [0.05, 0.1) is 10.6 Å². The Hall–Kier alpha value is -3.14. The van der Waals surface area contributed by atoms with E-state index in [0.29, 0.717) is 6.20 Å². The van der Waals surface area contributed by atoms with Crippen LogP contribution in [0.5, 0.6) is 5.88 Å².